The first-order valence-corrected chi connectivity index (χ1v) is 12.8. The smallest absolute Gasteiger partial charge is 0.328 e. The standard InChI is InChI=1S/C20H32N5O8P/c1-6-34(30,31)33-20(4,5)7-13-15(26)16(27)17(32-13)14-12(21-19(29)22-18(14)28)9-25-8-11(10(2)3)23-24-25/h8,10,13,15-17,26-27H,6-7,9H2,1-5H3,(H,30,31)(H2,21,22,28,29)/t13-,15?,16+,17+/m1/s1. The van der Waals surface area contributed by atoms with Gasteiger partial charge in [0.25, 0.3) is 5.56 Å². The average molecular weight is 501 g/mol. The van der Waals surface area contributed by atoms with Crippen molar-refractivity contribution in [2.45, 2.75) is 83.5 Å². The number of aliphatic hydroxyl groups is 2. The number of nitrogens with zero attached hydrogens (tertiary/aromatic N) is 3. The number of aliphatic hydroxyl groups excluding tert-OH is 2. The van der Waals surface area contributed by atoms with Gasteiger partial charge in [0.05, 0.1) is 35.2 Å². The SMILES string of the molecule is CCP(=O)(O)OC(C)(C)C[C@H]1O[C@@H](c2c(Cn3cc(C(C)C)nn3)[nH]c(=O)[nH]c2=O)[C@@H](O)C1O. The molecule has 190 valence electrons. The molecule has 2 aromatic heterocycles. The highest BCUT2D eigenvalue weighted by atomic mass is 31.2. The molecule has 0 amide bonds. The van der Waals surface area contributed by atoms with E-state index in [-0.39, 0.29) is 36.3 Å². The number of hydrogen-bond acceptors (Lipinski definition) is 9. The molecular formula is C20H32N5O8P. The first-order valence-electron chi connectivity index (χ1n) is 11.0. The molecule has 5 N–H and O–H groups in total. The molecule has 3 rings (SSSR count). The van der Waals surface area contributed by atoms with Crippen LogP contribution in [0.15, 0.2) is 15.8 Å². The molecule has 3 heterocycles. The number of ether oxygens (including phenoxy) is 1. The van der Waals surface area contributed by atoms with Crippen molar-refractivity contribution in [3.05, 3.63) is 44.0 Å². The molecule has 1 aliphatic heterocycles. The number of aromatic nitrogens is 5. The fraction of sp³-hybridized carbons (Fsp3) is 0.700. The number of hydrogen-bond donors (Lipinski definition) is 5. The van der Waals surface area contributed by atoms with Crippen molar-refractivity contribution in [1.29, 1.82) is 0 Å². The van der Waals surface area contributed by atoms with Gasteiger partial charge in [0.15, 0.2) is 0 Å². The van der Waals surface area contributed by atoms with Gasteiger partial charge in [-0.1, -0.05) is 26.0 Å². The fourth-order valence-corrected chi connectivity index (χ4v) is 4.89. The normalized spacial score (nSPS) is 25.1. The van der Waals surface area contributed by atoms with E-state index < -0.39 is 48.9 Å². The third kappa shape index (κ3) is 5.91. The minimum absolute atomic E-state index is 0.0274. The predicted molar refractivity (Wildman–Crippen MR) is 121 cm³/mol. The maximum absolute atomic E-state index is 12.7. The zero-order valence-corrected chi connectivity index (χ0v) is 20.7. The highest BCUT2D eigenvalue weighted by Crippen LogP contribution is 2.48. The van der Waals surface area contributed by atoms with Crippen LogP contribution in [0.3, 0.4) is 0 Å². The third-order valence-electron chi connectivity index (χ3n) is 5.66. The van der Waals surface area contributed by atoms with Gasteiger partial charge in [-0.15, -0.1) is 5.10 Å². The zero-order chi connectivity index (χ0) is 25.4. The lowest BCUT2D eigenvalue weighted by Crippen LogP contribution is -2.37. The van der Waals surface area contributed by atoms with Crippen LogP contribution in [-0.2, 0) is 20.4 Å². The van der Waals surface area contributed by atoms with E-state index in [1.165, 1.54) is 11.6 Å². The van der Waals surface area contributed by atoms with Crippen LogP contribution in [0.1, 0.15) is 70.0 Å². The molecule has 0 aliphatic carbocycles. The van der Waals surface area contributed by atoms with Crippen molar-refractivity contribution in [2.75, 3.05) is 6.16 Å². The molecule has 2 aromatic rings. The Bertz CT molecular complexity index is 1170. The van der Waals surface area contributed by atoms with E-state index in [0.29, 0.717) is 0 Å². The van der Waals surface area contributed by atoms with Crippen molar-refractivity contribution in [3.8, 4) is 0 Å². The molecular weight excluding hydrogens is 469 g/mol. The molecule has 14 heteroatoms. The van der Waals surface area contributed by atoms with Gasteiger partial charge in [0, 0.05) is 18.8 Å². The van der Waals surface area contributed by atoms with Crippen LogP contribution in [0, 0.1) is 0 Å². The van der Waals surface area contributed by atoms with Gasteiger partial charge in [-0.25, -0.2) is 9.48 Å². The first-order chi connectivity index (χ1) is 15.7. The maximum atomic E-state index is 12.7. The number of H-pyrrole nitrogens is 2. The van der Waals surface area contributed by atoms with E-state index in [2.05, 4.69) is 20.3 Å². The Kier molecular flexibility index (Phi) is 7.66. The molecule has 1 fully saturated rings. The van der Waals surface area contributed by atoms with Crippen LogP contribution in [0.2, 0.25) is 0 Å². The summed E-state index contributed by atoms with van der Waals surface area (Å²) in [5.74, 6) is 0.120. The molecule has 2 unspecified atom stereocenters. The van der Waals surface area contributed by atoms with E-state index in [1.54, 1.807) is 20.0 Å². The molecule has 0 spiro atoms. The Labute approximate surface area is 195 Å². The minimum Gasteiger partial charge on any atom is -0.388 e. The number of aromatic amines is 2. The summed E-state index contributed by atoms with van der Waals surface area (Å²) in [5, 5.41) is 29.4. The van der Waals surface area contributed by atoms with Crippen LogP contribution in [0.4, 0.5) is 0 Å². The second-order valence-electron chi connectivity index (χ2n) is 9.38. The van der Waals surface area contributed by atoms with E-state index in [0.717, 1.165) is 5.69 Å². The largest absolute Gasteiger partial charge is 0.388 e. The van der Waals surface area contributed by atoms with E-state index in [9.17, 15) is 29.3 Å². The summed E-state index contributed by atoms with van der Waals surface area (Å²) in [4.78, 5) is 39.2. The molecule has 1 saturated heterocycles. The van der Waals surface area contributed by atoms with Crippen molar-refractivity contribution in [2.24, 2.45) is 0 Å². The van der Waals surface area contributed by atoms with Gasteiger partial charge in [-0.05, 0) is 19.8 Å². The topological polar surface area (TPSA) is 193 Å². The second kappa shape index (κ2) is 9.84. The Morgan fingerprint density at radius 2 is 1.94 bits per heavy atom. The lowest BCUT2D eigenvalue weighted by Gasteiger charge is -2.30. The summed E-state index contributed by atoms with van der Waals surface area (Å²) in [5.41, 5.74) is -1.89. The highest BCUT2D eigenvalue weighted by molar-refractivity contribution is 7.52. The Hall–Kier alpha value is -2.15. The van der Waals surface area contributed by atoms with Crippen molar-refractivity contribution >= 4 is 7.60 Å². The van der Waals surface area contributed by atoms with Crippen molar-refractivity contribution in [1.82, 2.24) is 25.0 Å². The van der Waals surface area contributed by atoms with Crippen molar-refractivity contribution in [3.63, 3.8) is 0 Å². The molecule has 5 atom stereocenters. The van der Waals surface area contributed by atoms with Crippen LogP contribution >= 0.6 is 7.60 Å². The molecule has 0 saturated carbocycles. The lowest BCUT2D eigenvalue weighted by atomic mass is 9.95. The average Bonchev–Trinajstić information content (AvgIpc) is 3.27. The molecule has 34 heavy (non-hydrogen) atoms. The molecule has 1 aliphatic rings. The summed E-state index contributed by atoms with van der Waals surface area (Å²) >= 11 is 0. The minimum atomic E-state index is -3.84. The summed E-state index contributed by atoms with van der Waals surface area (Å²) < 4.78 is 24.7. The monoisotopic (exact) mass is 501 g/mol. The third-order valence-corrected chi connectivity index (χ3v) is 7.24. The molecule has 0 bridgehead atoms. The van der Waals surface area contributed by atoms with Crippen molar-refractivity contribution < 1.29 is 28.9 Å². The molecule has 13 nitrogen and oxygen atoms in total. The van der Waals surface area contributed by atoms with Gasteiger partial charge in [0.1, 0.15) is 18.3 Å². The maximum Gasteiger partial charge on any atom is 0.328 e. The second-order valence-corrected chi connectivity index (χ2v) is 11.5. The van der Waals surface area contributed by atoms with Crippen LogP contribution in [0.5, 0.6) is 0 Å². The Morgan fingerprint density at radius 1 is 1.26 bits per heavy atom. The fourth-order valence-electron chi connectivity index (χ4n) is 3.91. The lowest BCUT2D eigenvalue weighted by molar-refractivity contribution is -0.0397. The molecule has 0 radical (unpaired) electrons. The van der Waals surface area contributed by atoms with Gasteiger partial charge in [-0.3, -0.25) is 14.3 Å². The van der Waals surface area contributed by atoms with E-state index >= 15 is 0 Å². The highest BCUT2D eigenvalue weighted by Gasteiger charge is 2.48. The van der Waals surface area contributed by atoms with E-state index in [4.69, 9.17) is 9.26 Å². The van der Waals surface area contributed by atoms with Gasteiger partial charge >= 0.3 is 13.3 Å². The summed E-state index contributed by atoms with van der Waals surface area (Å²) in [6.07, 6.45) is -3.64. The van der Waals surface area contributed by atoms with Crippen LogP contribution in [0.25, 0.3) is 0 Å². The number of nitrogens with one attached hydrogen (secondary N) is 2. The summed E-state index contributed by atoms with van der Waals surface area (Å²) in [7, 11) is -3.84. The first kappa shape index (κ1) is 26.5. The summed E-state index contributed by atoms with van der Waals surface area (Å²) in [6, 6.07) is 0. The zero-order valence-electron chi connectivity index (χ0n) is 19.8. The van der Waals surface area contributed by atoms with Gasteiger partial charge in [-0.2, -0.15) is 0 Å². The quantitative estimate of drug-likeness (QED) is 0.300. The van der Waals surface area contributed by atoms with Gasteiger partial charge in [0.2, 0.25) is 0 Å². The predicted octanol–water partition coefficient (Wildman–Crippen LogP) is 0.379. The Morgan fingerprint density at radius 3 is 2.53 bits per heavy atom. The molecule has 0 aromatic carbocycles. The number of rotatable bonds is 9. The van der Waals surface area contributed by atoms with Gasteiger partial charge < -0.3 is 29.4 Å². The van der Waals surface area contributed by atoms with Crippen LogP contribution < -0.4 is 11.2 Å². The summed E-state index contributed by atoms with van der Waals surface area (Å²) in [6.45, 7) is 8.51. The van der Waals surface area contributed by atoms with E-state index in [1.807, 2.05) is 13.8 Å². The van der Waals surface area contributed by atoms with Crippen LogP contribution in [-0.4, -0.2) is 70.1 Å². The Balaban J connectivity index is 1.90.